The minimum atomic E-state index is 0.355. The van der Waals surface area contributed by atoms with Gasteiger partial charge >= 0.3 is 0 Å². The number of benzene rings is 1. The first-order chi connectivity index (χ1) is 13.3. The molecule has 1 atom stereocenters. The summed E-state index contributed by atoms with van der Waals surface area (Å²) in [6.45, 7) is 10.8. The van der Waals surface area contributed by atoms with Gasteiger partial charge in [-0.2, -0.15) is 0 Å². The van der Waals surface area contributed by atoms with Crippen LogP contribution in [0.3, 0.4) is 0 Å². The molecule has 1 N–H and O–H groups in total. The highest BCUT2D eigenvalue weighted by Crippen LogP contribution is 2.22. The van der Waals surface area contributed by atoms with Crippen LogP contribution in [-0.2, 0) is 17.6 Å². The second kappa shape index (κ2) is 12.6. The van der Waals surface area contributed by atoms with Crippen molar-refractivity contribution in [2.75, 3.05) is 12.4 Å². The van der Waals surface area contributed by atoms with Gasteiger partial charge in [-0.3, -0.25) is 0 Å². The van der Waals surface area contributed by atoms with E-state index in [1.807, 2.05) is 32.2 Å². The van der Waals surface area contributed by atoms with Gasteiger partial charge in [0.15, 0.2) is 0 Å². The maximum atomic E-state index is 10.5. The Balaban J connectivity index is 0.000000330. The summed E-state index contributed by atoms with van der Waals surface area (Å²) in [5.41, 5.74) is 2.19. The minimum absolute atomic E-state index is 0.355. The fourth-order valence-electron chi connectivity index (χ4n) is 2.94. The highest BCUT2D eigenvalue weighted by atomic mass is 35.5. The molecule has 5 nitrogen and oxygen atoms in total. The molecule has 6 heteroatoms. The standard InChI is InChI=1S/C14H25N3O.C8H10ClN/c1-5-12(4)8-9-14-16-15-13(7-6-10-18)17(14)11(2)3;1-6-7(9)4-3-5-8(6)10-2/h10-12H,5-9H2,1-4H3;3-5,10H,1-2H3. The lowest BCUT2D eigenvalue weighted by molar-refractivity contribution is -0.107. The summed E-state index contributed by atoms with van der Waals surface area (Å²) < 4.78 is 2.19. The molecule has 0 amide bonds. The Bertz CT molecular complexity index is 727. The van der Waals surface area contributed by atoms with Crippen LogP contribution in [0.1, 0.15) is 70.2 Å². The average molecular weight is 407 g/mol. The number of hydrogen-bond donors (Lipinski definition) is 1. The number of halogens is 1. The van der Waals surface area contributed by atoms with Crippen LogP contribution < -0.4 is 5.32 Å². The third-order valence-corrected chi connectivity index (χ3v) is 5.34. The Morgan fingerprint density at radius 1 is 1.18 bits per heavy atom. The summed E-state index contributed by atoms with van der Waals surface area (Å²) in [6, 6.07) is 6.17. The normalized spacial score (nSPS) is 11.7. The van der Waals surface area contributed by atoms with Crippen LogP contribution in [0, 0.1) is 12.8 Å². The number of hydrogen-bond acceptors (Lipinski definition) is 4. The van der Waals surface area contributed by atoms with Gasteiger partial charge in [-0.25, -0.2) is 0 Å². The van der Waals surface area contributed by atoms with Gasteiger partial charge < -0.3 is 14.7 Å². The molecule has 0 aliphatic rings. The fraction of sp³-hybridized carbons (Fsp3) is 0.591. The molecule has 1 heterocycles. The first-order valence-electron chi connectivity index (χ1n) is 10.1. The number of aromatic nitrogens is 3. The molecule has 156 valence electrons. The van der Waals surface area contributed by atoms with E-state index in [9.17, 15) is 4.79 Å². The Kier molecular flexibility index (Phi) is 10.8. The van der Waals surface area contributed by atoms with Crippen molar-refractivity contribution >= 4 is 23.6 Å². The first-order valence-corrected chi connectivity index (χ1v) is 10.5. The zero-order valence-electron chi connectivity index (χ0n) is 18.1. The summed E-state index contributed by atoms with van der Waals surface area (Å²) in [5.74, 6) is 2.73. The lowest BCUT2D eigenvalue weighted by Crippen LogP contribution is -2.11. The maximum Gasteiger partial charge on any atom is 0.133 e. The molecule has 0 aliphatic carbocycles. The summed E-state index contributed by atoms with van der Waals surface area (Å²) in [7, 11) is 1.89. The van der Waals surface area contributed by atoms with Gasteiger partial charge in [0.1, 0.15) is 17.9 Å². The summed E-state index contributed by atoms with van der Waals surface area (Å²) >= 11 is 5.85. The Hall–Kier alpha value is -1.88. The van der Waals surface area contributed by atoms with E-state index in [1.165, 1.54) is 6.42 Å². The molecule has 2 rings (SSSR count). The van der Waals surface area contributed by atoms with Crippen molar-refractivity contribution in [3.63, 3.8) is 0 Å². The van der Waals surface area contributed by atoms with Crippen molar-refractivity contribution in [1.82, 2.24) is 14.8 Å². The summed E-state index contributed by atoms with van der Waals surface area (Å²) in [6.07, 6.45) is 5.48. The van der Waals surface area contributed by atoms with Crippen LogP contribution in [0.25, 0.3) is 0 Å². The number of aldehydes is 1. The van der Waals surface area contributed by atoms with Crippen LogP contribution >= 0.6 is 11.6 Å². The smallest absolute Gasteiger partial charge is 0.133 e. The molecule has 28 heavy (non-hydrogen) atoms. The van der Waals surface area contributed by atoms with Gasteiger partial charge in [0, 0.05) is 43.1 Å². The Morgan fingerprint density at radius 2 is 1.82 bits per heavy atom. The molecule has 0 fully saturated rings. The zero-order valence-corrected chi connectivity index (χ0v) is 18.9. The number of rotatable bonds is 9. The molecule has 1 unspecified atom stereocenters. The van der Waals surface area contributed by atoms with Crippen LogP contribution in [0.2, 0.25) is 5.02 Å². The van der Waals surface area contributed by atoms with Gasteiger partial charge in [0.05, 0.1) is 0 Å². The molecule has 2 aromatic rings. The van der Waals surface area contributed by atoms with Crippen LogP contribution in [-0.4, -0.2) is 28.1 Å². The lowest BCUT2D eigenvalue weighted by atomic mass is 10.0. The largest absolute Gasteiger partial charge is 0.388 e. The first kappa shape index (κ1) is 24.2. The van der Waals surface area contributed by atoms with E-state index >= 15 is 0 Å². The van der Waals surface area contributed by atoms with Crippen molar-refractivity contribution in [2.45, 2.75) is 72.8 Å². The third kappa shape index (κ3) is 7.27. The van der Waals surface area contributed by atoms with E-state index < -0.39 is 0 Å². The van der Waals surface area contributed by atoms with E-state index in [4.69, 9.17) is 11.6 Å². The van der Waals surface area contributed by atoms with Gasteiger partial charge in [0.25, 0.3) is 0 Å². The summed E-state index contributed by atoms with van der Waals surface area (Å²) in [5, 5.41) is 12.4. The topological polar surface area (TPSA) is 59.8 Å². The van der Waals surface area contributed by atoms with Crippen molar-refractivity contribution in [3.8, 4) is 0 Å². The van der Waals surface area contributed by atoms with E-state index in [-0.39, 0.29) is 0 Å². The molecule has 0 radical (unpaired) electrons. The molecular formula is C22H35ClN4O. The third-order valence-electron chi connectivity index (χ3n) is 4.93. The number of aryl methyl sites for hydroxylation is 2. The van der Waals surface area contributed by atoms with Gasteiger partial charge in [0.2, 0.25) is 0 Å². The average Bonchev–Trinajstić information content (AvgIpc) is 3.10. The molecule has 0 bridgehead atoms. The fourth-order valence-corrected chi connectivity index (χ4v) is 3.12. The molecule has 0 aliphatic heterocycles. The van der Waals surface area contributed by atoms with Crippen molar-refractivity contribution < 1.29 is 4.79 Å². The van der Waals surface area contributed by atoms with Crippen molar-refractivity contribution in [1.29, 1.82) is 0 Å². The van der Waals surface area contributed by atoms with E-state index in [0.29, 0.717) is 18.9 Å². The predicted molar refractivity (Wildman–Crippen MR) is 118 cm³/mol. The van der Waals surface area contributed by atoms with E-state index in [2.05, 4.69) is 47.8 Å². The highest BCUT2D eigenvalue weighted by molar-refractivity contribution is 6.31. The number of anilines is 1. The maximum absolute atomic E-state index is 10.5. The van der Waals surface area contributed by atoms with Gasteiger partial charge in [-0.1, -0.05) is 37.9 Å². The zero-order chi connectivity index (χ0) is 21.1. The SMILES string of the molecule is CCC(C)CCc1nnc(CCC=O)n1C(C)C.CNc1cccc(Cl)c1C. The number of nitrogens with one attached hydrogen (secondary N) is 1. The minimum Gasteiger partial charge on any atom is -0.388 e. The van der Waals surface area contributed by atoms with E-state index in [1.54, 1.807) is 0 Å². The number of carbonyl (C=O) groups is 1. The second-order valence-electron chi connectivity index (χ2n) is 7.42. The molecular weight excluding hydrogens is 372 g/mol. The van der Waals surface area contributed by atoms with Gasteiger partial charge in [-0.15, -0.1) is 10.2 Å². The highest BCUT2D eigenvalue weighted by Gasteiger charge is 2.14. The molecule has 0 saturated carbocycles. The molecule has 1 aromatic heterocycles. The lowest BCUT2D eigenvalue weighted by Gasteiger charge is -2.14. The Labute approximate surface area is 174 Å². The monoisotopic (exact) mass is 406 g/mol. The Morgan fingerprint density at radius 3 is 2.32 bits per heavy atom. The van der Waals surface area contributed by atoms with Crippen LogP contribution in [0.4, 0.5) is 5.69 Å². The van der Waals surface area contributed by atoms with Crippen LogP contribution in [0.5, 0.6) is 0 Å². The number of nitrogens with zero attached hydrogens (tertiary/aromatic N) is 3. The second-order valence-corrected chi connectivity index (χ2v) is 7.82. The van der Waals surface area contributed by atoms with Crippen molar-refractivity contribution in [2.24, 2.45) is 5.92 Å². The number of carbonyl (C=O) groups excluding carboxylic acids is 1. The quantitative estimate of drug-likeness (QED) is 0.546. The molecule has 0 spiro atoms. The predicted octanol–water partition coefficient (Wildman–Crippen LogP) is 5.66. The summed E-state index contributed by atoms with van der Waals surface area (Å²) in [4.78, 5) is 10.5. The molecule has 0 saturated heterocycles. The molecule has 1 aromatic carbocycles. The van der Waals surface area contributed by atoms with E-state index in [0.717, 1.165) is 53.0 Å². The van der Waals surface area contributed by atoms with Crippen LogP contribution in [0.15, 0.2) is 18.2 Å². The van der Waals surface area contributed by atoms with Gasteiger partial charge in [-0.05, 0) is 50.8 Å². The van der Waals surface area contributed by atoms with Crippen molar-refractivity contribution in [3.05, 3.63) is 40.4 Å².